The van der Waals surface area contributed by atoms with Gasteiger partial charge in [0.1, 0.15) is 0 Å². The van der Waals surface area contributed by atoms with Gasteiger partial charge in [0.05, 0.1) is 28.2 Å². The summed E-state index contributed by atoms with van der Waals surface area (Å²) in [7, 11) is 0. The lowest BCUT2D eigenvalue weighted by Crippen LogP contribution is -1.93. The highest BCUT2D eigenvalue weighted by Gasteiger charge is 2.13. The Morgan fingerprint density at radius 2 is 2.00 bits per heavy atom. The van der Waals surface area contributed by atoms with Gasteiger partial charge in [0.2, 0.25) is 0 Å². The molecule has 0 bridgehead atoms. The highest BCUT2D eigenvalue weighted by atomic mass is 35.5. The molecule has 90 valence electrons. The number of nitriles is 1. The van der Waals surface area contributed by atoms with Crippen molar-refractivity contribution in [2.75, 3.05) is 0 Å². The Hall–Kier alpha value is -1.27. The Bertz CT molecular complexity index is 633. The average molecular weight is 298 g/mol. The number of rotatable bonds is 2. The maximum Gasteiger partial charge on any atom is 0.0760 e. The van der Waals surface area contributed by atoms with E-state index in [1.165, 1.54) is 0 Å². The van der Waals surface area contributed by atoms with Crippen molar-refractivity contribution in [2.24, 2.45) is 0 Å². The molecule has 2 nitrogen and oxygen atoms in total. The van der Waals surface area contributed by atoms with Gasteiger partial charge < -0.3 is 0 Å². The van der Waals surface area contributed by atoms with Crippen LogP contribution in [0.4, 0.5) is 0 Å². The number of benzene rings is 1. The quantitative estimate of drug-likeness (QED) is 0.748. The fourth-order valence-electron chi connectivity index (χ4n) is 1.64. The standard InChI is InChI=1S/C13H7Cl3N2/c14-9-6-10(12(16)11(15)7-9)13-8(3-4-17)2-1-5-18-13/h1-2,5-7H,3H2. The van der Waals surface area contributed by atoms with Gasteiger partial charge in [0.25, 0.3) is 0 Å². The summed E-state index contributed by atoms with van der Waals surface area (Å²) < 4.78 is 0. The van der Waals surface area contributed by atoms with Crippen LogP contribution in [0.3, 0.4) is 0 Å². The fraction of sp³-hybridized carbons (Fsp3) is 0.0769. The second-order valence-electron chi connectivity index (χ2n) is 3.60. The summed E-state index contributed by atoms with van der Waals surface area (Å²) in [6.45, 7) is 0. The topological polar surface area (TPSA) is 36.7 Å². The number of hydrogen-bond donors (Lipinski definition) is 0. The average Bonchev–Trinajstić information content (AvgIpc) is 2.35. The van der Waals surface area contributed by atoms with Crippen molar-refractivity contribution in [1.29, 1.82) is 5.26 Å². The largest absolute Gasteiger partial charge is 0.256 e. The first-order chi connectivity index (χ1) is 8.63. The number of hydrogen-bond acceptors (Lipinski definition) is 2. The van der Waals surface area contributed by atoms with Crippen LogP contribution >= 0.6 is 34.8 Å². The van der Waals surface area contributed by atoms with Crippen LogP contribution in [0.1, 0.15) is 5.56 Å². The second kappa shape index (κ2) is 5.58. The third-order valence-electron chi connectivity index (χ3n) is 2.41. The molecule has 0 aliphatic heterocycles. The van der Waals surface area contributed by atoms with E-state index in [4.69, 9.17) is 40.1 Å². The predicted octanol–water partition coefficient (Wildman–Crippen LogP) is 4.77. The molecule has 0 aliphatic carbocycles. The highest BCUT2D eigenvalue weighted by Crippen LogP contribution is 2.36. The van der Waals surface area contributed by atoms with Crippen molar-refractivity contribution >= 4 is 34.8 Å². The van der Waals surface area contributed by atoms with Gasteiger partial charge >= 0.3 is 0 Å². The maximum atomic E-state index is 8.81. The molecule has 0 fully saturated rings. The van der Waals surface area contributed by atoms with E-state index in [0.29, 0.717) is 26.3 Å². The van der Waals surface area contributed by atoms with Gasteiger partial charge in [-0.1, -0.05) is 40.9 Å². The van der Waals surface area contributed by atoms with Crippen LogP contribution in [-0.2, 0) is 6.42 Å². The van der Waals surface area contributed by atoms with E-state index in [1.54, 1.807) is 24.4 Å². The molecular formula is C13H7Cl3N2. The number of halogens is 3. The molecule has 1 aromatic heterocycles. The van der Waals surface area contributed by atoms with Crippen LogP contribution in [0.15, 0.2) is 30.5 Å². The zero-order valence-corrected chi connectivity index (χ0v) is 11.4. The summed E-state index contributed by atoms with van der Waals surface area (Å²) in [5.74, 6) is 0. The van der Waals surface area contributed by atoms with Crippen molar-refractivity contribution in [1.82, 2.24) is 4.98 Å². The minimum Gasteiger partial charge on any atom is -0.256 e. The first-order valence-corrected chi connectivity index (χ1v) is 6.22. The summed E-state index contributed by atoms with van der Waals surface area (Å²) in [5.41, 5.74) is 2.06. The van der Waals surface area contributed by atoms with Crippen molar-refractivity contribution in [2.45, 2.75) is 6.42 Å². The van der Waals surface area contributed by atoms with E-state index in [1.807, 2.05) is 6.07 Å². The van der Waals surface area contributed by atoms with Crippen molar-refractivity contribution in [3.05, 3.63) is 51.1 Å². The summed E-state index contributed by atoms with van der Waals surface area (Å²) in [6.07, 6.45) is 1.89. The third kappa shape index (κ3) is 2.59. The molecule has 5 heteroatoms. The molecule has 0 saturated heterocycles. The number of nitrogens with zero attached hydrogens (tertiary/aromatic N) is 2. The van der Waals surface area contributed by atoms with Gasteiger partial charge in [-0.3, -0.25) is 4.98 Å². The fourth-order valence-corrected chi connectivity index (χ4v) is 2.33. The minimum absolute atomic E-state index is 0.254. The highest BCUT2D eigenvalue weighted by molar-refractivity contribution is 6.45. The van der Waals surface area contributed by atoms with E-state index in [0.717, 1.165) is 5.56 Å². The van der Waals surface area contributed by atoms with Gasteiger partial charge in [-0.25, -0.2) is 0 Å². The maximum absolute atomic E-state index is 8.81. The first-order valence-electron chi connectivity index (χ1n) is 5.09. The van der Waals surface area contributed by atoms with Gasteiger partial charge in [-0.15, -0.1) is 0 Å². The zero-order valence-electron chi connectivity index (χ0n) is 9.12. The Morgan fingerprint density at radius 3 is 2.72 bits per heavy atom. The Kier molecular flexibility index (Phi) is 4.08. The predicted molar refractivity (Wildman–Crippen MR) is 74.0 cm³/mol. The molecule has 0 atom stereocenters. The van der Waals surface area contributed by atoms with Crippen molar-refractivity contribution < 1.29 is 0 Å². The molecule has 0 radical (unpaired) electrons. The molecule has 0 aliphatic rings. The minimum atomic E-state index is 0.254. The molecule has 0 unspecified atom stereocenters. The van der Waals surface area contributed by atoms with E-state index in [2.05, 4.69) is 11.1 Å². The zero-order chi connectivity index (χ0) is 13.1. The Labute approximate surface area is 120 Å². The molecule has 2 aromatic rings. The van der Waals surface area contributed by atoms with Crippen LogP contribution in [0, 0.1) is 11.3 Å². The molecule has 0 N–H and O–H groups in total. The smallest absolute Gasteiger partial charge is 0.0760 e. The SMILES string of the molecule is N#CCc1cccnc1-c1cc(Cl)cc(Cl)c1Cl. The monoisotopic (exact) mass is 296 g/mol. The lowest BCUT2D eigenvalue weighted by Gasteiger charge is -2.09. The Morgan fingerprint density at radius 1 is 1.22 bits per heavy atom. The van der Waals surface area contributed by atoms with Crippen molar-refractivity contribution in [3.8, 4) is 17.3 Å². The first kappa shape index (κ1) is 13.2. The van der Waals surface area contributed by atoms with Crippen LogP contribution in [0.2, 0.25) is 15.1 Å². The lowest BCUT2D eigenvalue weighted by atomic mass is 10.0. The number of pyridine rings is 1. The summed E-state index contributed by atoms with van der Waals surface area (Å²) in [5, 5.41) is 10.0. The van der Waals surface area contributed by atoms with E-state index in [9.17, 15) is 0 Å². The molecule has 1 aromatic carbocycles. The summed E-state index contributed by atoms with van der Waals surface area (Å²) >= 11 is 18.1. The second-order valence-corrected chi connectivity index (χ2v) is 4.82. The van der Waals surface area contributed by atoms with Gasteiger partial charge in [0, 0.05) is 16.8 Å². The third-order valence-corrected chi connectivity index (χ3v) is 3.43. The lowest BCUT2D eigenvalue weighted by molar-refractivity contribution is 1.20. The van der Waals surface area contributed by atoms with Gasteiger partial charge in [-0.05, 0) is 23.8 Å². The van der Waals surface area contributed by atoms with Crippen LogP contribution in [-0.4, -0.2) is 4.98 Å². The molecule has 0 spiro atoms. The van der Waals surface area contributed by atoms with Crippen LogP contribution < -0.4 is 0 Å². The van der Waals surface area contributed by atoms with E-state index in [-0.39, 0.29) is 6.42 Å². The Balaban J connectivity index is 2.66. The molecule has 0 saturated carbocycles. The van der Waals surface area contributed by atoms with Gasteiger partial charge in [0.15, 0.2) is 0 Å². The van der Waals surface area contributed by atoms with Crippen molar-refractivity contribution in [3.63, 3.8) is 0 Å². The molecule has 1 heterocycles. The summed E-state index contributed by atoms with van der Waals surface area (Å²) in [4.78, 5) is 4.26. The van der Waals surface area contributed by atoms with Crippen LogP contribution in [0.25, 0.3) is 11.3 Å². The molecular weight excluding hydrogens is 291 g/mol. The molecule has 0 amide bonds. The van der Waals surface area contributed by atoms with Crippen LogP contribution in [0.5, 0.6) is 0 Å². The molecule has 18 heavy (non-hydrogen) atoms. The van der Waals surface area contributed by atoms with E-state index < -0.39 is 0 Å². The van der Waals surface area contributed by atoms with Gasteiger partial charge in [-0.2, -0.15) is 5.26 Å². The molecule has 2 rings (SSSR count). The normalized spacial score (nSPS) is 10.1. The summed E-state index contributed by atoms with van der Waals surface area (Å²) in [6, 6.07) is 8.96. The number of aromatic nitrogens is 1. The van der Waals surface area contributed by atoms with E-state index >= 15 is 0 Å².